The molecule has 1 aliphatic rings. The number of aryl methyl sites for hydroxylation is 1. The molecular weight excluding hydrogens is 156 g/mol. The molecule has 0 saturated heterocycles. The maximum atomic E-state index is 4.04. The van der Waals surface area contributed by atoms with Gasteiger partial charge in [0.25, 0.3) is 5.95 Å². The second-order valence-corrected chi connectivity index (χ2v) is 2.36. The Hall–Kier alpha value is -1.72. The van der Waals surface area contributed by atoms with Gasteiger partial charge in [-0.05, 0) is 11.3 Å². The maximum Gasteiger partial charge on any atom is 0.271 e. The number of anilines is 1. The van der Waals surface area contributed by atoms with Gasteiger partial charge in [0.15, 0.2) is 0 Å². The molecule has 1 aromatic heterocycles. The molecule has 0 bridgehead atoms. The Bertz CT molecular complexity index is 325. The zero-order chi connectivity index (χ0) is 8.39. The van der Waals surface area contributed by atoms with Crippen LogP contribution in [0.5, 0.6) is 0 Å². The summed E-state index contributed by atoms with van der Waals surface area (Å²) >= 11 is 0. The lowest BCUT2D eigenvalue weighted by Gasteiger charge is -2.13. The van der Waals surface area contributed by atoms with Crippen molar-refractivity contribution in [1.29, 1.82) is 0 Å². The van der Waals surface area contributed by atoms with Crippen molar-refractivity contribution in [3.05, 3.63) is 12.3 Å². The first-order valence-corrected chi connectivity index (χ1v) is 3.53. The third kappa shape index (κ3) is 1.18. The monoisotopic (exact) mass is 164 g/mol. The van der Waals surface area contributed by atoms with Crippen LogP contribution in [-0.4, -0.2) is 33.1 Å². The van der Waals surface area contributed by atoms with Crippen molar-refractivity contribution in [2.24, 2.45) is 12.0 Å². The maximum absolute atomic E-state index is 4.04. The minimum Gasteiger partial charge on any atom is -0.294 e. The smallest absolute Gasteiger partial charge is 0.271 e. The summed E-state index contributed by atoms with van der Waals surface area (Å²) in [6, 6.07) is 0. The largest absolute Gasteiger partial charge is 0.294 e. The second-order valence-electron chi connectivity index (χ2n) is 2.36. The average molecular weight is 164 g/mol. The van der Waals surface area contributed by atoms with Crippen LogP contribution in [0.25, 0.3) is 0 Å². The lowest BCUT2D eigenvalue weighted by molar-refractivity contribution is 0.629. The first kappa shape index (κ1) is 6.96. The van der Waals surface area contributed by atoms with Crippen molar-refractivity contribution in [2.75, 3.05) is 11.6 Å². The highest BCUT2D eigenvalue weighted by atomic mass is 15.6. The van der Waals surface area contributed by atoms with Crippen molar-refractivity contribution in [3.8, 4) is 0 Å². The van der Waals surface area contributed by atoms with Crippen LogP contribution < -0.4 is 4.90 Å². The lowest BCUT2D eigenvalue weighted by Crippen LogP contribution is -2.19. The molecule has 0 amide bonds. The fourth-order valence-electron chi connectivity index (χ4n) is 0.904. The summed E-state index contributed by atoms with van der Waals surface area (Å²) in [4.78, 5) is 7.27. The number of rotatable bonds is 1. The summed E-state index contributed by atoms with van der Waals surface area (Å²) in [5.41, 5.74) is 0. The Labute approximate surface area is 69.2 Å². The number of hydrogen-bond donors (Lipinski definition) is 0. The zero-order valence-electron chi connectivity index (χ0n) is 6.62. The summed E-state index contributed by atoms with van der Waals surface area (Å²) < 4.78 is 0. The van der Waals surface area contributed by atoms with Crippen LogP contribution in [-0.2, 0) is 7.05 Å². The lowest BCUT2D eigenvalue weighted by atomic mass is 10.5. The van der Waals surface area contributed by atoms with Crippen LogP contribution in [0.4, 0.5) is 5.95 Å². The average Bonchev–Trinajstić information content (AvgIpc) is 2.54. The highest BCUT2D eigenvalue weighted by Crippen LogP contribution is 2.05. The number of hydrogen-bond acceptors (Lipinski definition) is 5. The summed E-state index contributed by atoms with van der Waals surface area (Å²) in [5, 5.41) is 11.6. The molecule has 2 heterocycles. The van der Waals surface area contributed by atoms with E-state index < -0.39 is 0 Å². The van der Waals surface area contributed by atoms with E-state index in [4.69, 9.17) is 0 Å². The first-order chi connectivity index (χ1) is 5.86. The normalized spacial score (nSPS) is 15.6. The molecule has 1 aromatic rings. The second kappa shape index (κ2) is 2.72. The van der Waals surface area contributed by atoms with E-state index in [2.05, 4.69) is 20.4 Å². The molecule has 1 aliphatic heterocycles. The van der Waals surface area contributed by atoms with Gasteiger partial charge in [0.05, 0.1) is 7.05 Å². The van der Waals surface area contributed by atoms with Crippen molar-refractivity contribution in [1.82, 2.24) is 20.2 Å². The van der Waals surface area contributed by atoms with Gasteiger partial charge in [0, 0.05) is 12.4 Å². The van der Waals surface area contributed by atoms with E-state index in [0.717, 1.165) is 0 Å². The molecule has 0 atom stereocenters. The van der Waals surface area contributed by atoms with Gasteiger partial charge in [-0.3, -0.25) is 9.89 Å². The van der Waals surface area contributed by atoms with Crippen LogP contribution in [0, 0.1) is 0 Å². The Morgan fingerprint density at radius 2 is 2.42 bits per heavy atom. The van der Waals surface area contributed by atoms with E-state index in [1.54, 1.807) is 13.3 Å². The number of allylic oxidation sites excluding steroid dienone is 1. The first-order valence-electron chi connectivity index (χ1n) is 3.53. The molecule has 0 spiro atoms. The van der Waals surface area contributed by atoms with Crippen molar-refractivity contribution < 1.29 is 0 Å². The van der Waals surface area contributed by atoms with Gasteiger partial charge in [-0.2, -0.15) is 4.80 Å². The van der Waals surface area contributed by atoms with Gasteiger partial charge < -0.3 is 0 Å². The molecule has 0 aliphatic carbocycles. The molecule has 0 saturated carbocycles. The van der Waals surface area contributed by atoms with Gasteiger partial charge in [-0.1, -0.05) is 5.10 Å². The predicted molar refractivity (Wildman–Crippen MR) is 43.8 cm³/mol. The molecule has 12 heavy (non-hydrogen) atoms. The quantitative estimate of drug-likeness (QED) is 0.565. The van der Waals surface area contributed by atoms with Gasteiger partial charge in [-0.15, -0.1) is 5.10 Å². The Kier molecular flexibility index (Phi) is 1.58. The Morgan fingerprint density at radius 1 is 1.50 bits per heavy atom. The molecule has 0 fully saturated rings. The van der Waals surface area contributed by atoms with Crippen molar-refractivity contribution in [3.63, 3.8) is 0 Å². The highest BCUT2D eigenvalue weighted by molar-refractivity contribution is 5.73. The summed E-state index contributed by atoms with van der Waals surface area (Å²) in [6.07, 6.45) is 5.44. The van der Waals surface area contributed by atoms with E-state index >= 15 is 0 Å². The van der Waals surface area contributed by atoms with Gasteiger partial charge in [0.1, 0.15) is 6.67 Å². The molecule has 6 heteroatoms. The van der Waals surface area contributed by atoms with E-state index in [0.29, 0.717) is 12.6 Å². The van der Waals surface area contributed by atoms with Crippen LogP contribution in [0.3, 0.4) is 0 Å². The molecule has 0 radical (unpaired) electrons. The van der Waals surface area contributed by atoms with Crippen LogP contribution in [0.2, 0.25) is 0 Å². The SMILES string of the molecule is Cn1nnc(N2C=CC=NC2)n1. The summed E-state index contributed by atoms with van der Waals surface area (Å²) in [5.74, 6) is 0.575. The number of aromatic nitrogens is 4. The molecule has 2 rings (SSSR count). The zero-order valence-corrected chi connectivity index (χ0v) is 6.62. The minimum absolute atomic E-state index is 0.558. The van der Waals surface area contributed by atoms with Crippen molar-refractivity contribution in [2.45, 2.75) is 0 Å². The molecule has 0 unspecified atom stereocenters. The molecule has 6 nitrogen and oxygen atoms in total. The van der Waals surface area contributed by atoms with E-state index in [9.17, 15) is 0 Å². The molecule has 0 N–H and O–H groups in total. The third-order valence-corrected chi connectivity index (χ3v) is 1.45. The molecule has 62 valence electrons. The van der Waals surface area contributed by atoms with Gasteiger partial charge in [-0.25, -0.2) is 0 Å². The molecule has 0 aromatic carbocycles. The van der Waals surface area contributed by atoms with Gasteiger partial charge >= 0.3 is 0 Å². The predicted octanol–water partition coefficient (Wildman–Crippen LogP) is -0.428. The van der Waals surface area contributed by atoms with Crippen LogP contribution in [0.15, 0.2) is 17.3 Å². The van der Waals surface area contributed by atoms with Crippen LogP contribution in [0.1, 0.15) is 0 Å². The third-order valence-electron chi connectivity index (χ3n) is 1.45. The number of nitrogens with zero attached hydrogens (tertiary/aromatic N) is 6. The standard InChI is InChI=1S/C6H8N6/c1-11-9-6(8-10-11)12-4-2-3-7-5-12/h2-4H,5H2,1H3. The Balaban J connectivity index is 2.20. The summed E-state index contributed by atoms with van der Waals surface area (Å²) in [7, 11) is 1.73. The van der Waals surface area contributed by atoms with Crippen molar-refractivity contribution >= 4 is 12.2 Å². The summed E-state index contributed by atoms with van der Waals surface area (Å²) in [6.45, 7) is 0.558. The topological polar surface area (TPSA) is 59.2 Å². The van der Waals surface area contributed by atoms with E-state index in [1.807, 2.05) is 17.2 Å². The van der Waals surface area contributed by atoms with E-state index in [-0.39, 0.29) is 0 Å². The fourth-order valence-corrected chi connectivity index (χ4v) is 0.904. The van der Waals surface area contributed by atoms with Gasteiger partial charge in [0.2, 0.25) is 0 Å². The Morgan fingerprint density at radius 3 is 3.00 bits per heavy atom. The number of aliphatic imine (C=N–C) groups is 1. The fraction of sp³-hybridized carbons (Fsp3) is 0.333. The van der Waals surface area contributed by atoms with Crippen LogP contribution >= 0.6 is 0 Å². The van der Waals surface area contributed by atoms with E-state index in [1.165, 1.54) is 4.80 Å². The number of tetrazole rings is 1. The minimum atomic E-state index is 0.558. The molecular formula is C6H8N6. The highest BCUT2D eigenvalue weighted by Gasteiger charge is 2.08.